The molecule has 0 saturated carbocycles. The monoisotopic (exact) mass is 335 g/mol. The standard InChI is InChI=1S/C18H19F2NO3/c1-12-14(10-11-21(12)16(23)24-17(2,3)4)18(19,20)15(22)13-8-6-5-7-9-13/h5-11,14H,1H2,2-4H3. The molecule has 1 atom stereocenters. The molecule has 1 aliphatic heterocycles. The fourth-order valence-corrected chi connectivity index (χ4v) is 2.27. The van der Waals surface area contributed by atoms with Gasteiger partial charge in [-0.1, -0.05) is 43.0 Å². The number of hydrogen-bond acceptors (Lipinski definition) is 3. The van der Waals surface area contributed by atoms with Crippen LogP contribution < -0.4 is 0 Å². The summed E-state index contributed by atoms with van der Waals surface area (Å²) in [4.78, 5) is 25.1. The number of carbonyl (C=O) groups is 2. The van der Waals surface area contributed by atoms with Crippen molar-refractivity contribution in [3.05, 3.63) is 60.4 Å². The van der Waals surface area contributed by atoms with Crippen molar-refractivity contribution < 1.29 is 23.1 Å². The van der Waals surface area contributed by atoms with E-state index in [1.165, 1.54) is 24.3 Å². The van der Waals surface area contributed by atoms with Gasteiger partial charge in [0.15, 0.2) is 0 Å². The molecular formula is C18H19F2NO3. The number of carbonyl (C=O) groups excluding carboxylic acids is 2. The number of halogens is 2. The first kappa shape index (κ1) is 17.8. The van der Waals surface area contributed by atoms with Crippen LogP contribution >= 0.6 is 0 Å². The molecule has 0 radical (unpaired) electrons. The molecule has 4 nitrogen and oxygen atoms in total. The van der Waals surface area contributed by atoms with Gasteiger partial charge in [0.2, 0.25) is 5.78 Å². The Morgan fingerprint density at radius 1 is 1.17 bits per heavy atom. The second-order valence-electron chi connectivity index (χ2n) is 6.48. The molecule has 0 aromatic heterocycles. The number of nitrogens with zero attached hydrogens (tertiary/aromatic N) is 1. The van der Waals surface area contributed by atoms with Gasteiger partial charge in [-0.05, 0) is 20.8 Å². The molecule has 0 aliphatic carbocycles. The number of Topliss-reactive ketones (excluding diaryl/α,β-unsaturated/α-hetero) is 1. The maximum atomic E-state index is 14.6. The third-order valence-electron chi connectivity index (χ3n) is 3.42. The Hall–Kier alpha value is -2.50. The van der Waals surface area contributed by atoms with Crippen molar-refractivity contribution >= 4 is 11.9 Å². The number of allylic oxidation sites excluding steroid dienone is 1. The minimum absolute atomic E-state index is 0.0978. The third-order valence-corrected chi connectivity index (χ3v) is 3.42. The molecule has 0 saturated heterocycles. The smallest absolute Gasteiger partial charge is 0.418 e. The second kappa shape index (κ2) is 6.19. The average Bonchev–Trinajstić information content (AvgIpc) is 2.88. The number of alkyl halides is 2. The van der Waals surface area contributed by atoms with E-state index in [1.54, 1.807) is 26.8 Å². The van der Waals surface area contributed by atoms with Crippen LogP contribution in [0.5, 0.6) is 0 Å². The van der Waals surface area contributed by atoms with Crippen LogP contribution in [0, 0.1) is 5.92 Å². The predicted molar refractivity (Wildman–Crippen MR) is 85.6 cm³/mol. The Labute approximate surface area is 139 Å². The number of hydrogen-bond donors (Lipinski definition) is 0. The van der Waals surface area contributed by atoms with E-state index in [0.29, 0.717) is 0 Å². The zero-order valence-electron chi connectivity index (χ0n) is 13.8. The number of ketones is 1. The first-order chi connectivity index (χ1) is 11.0. The molecule has 1 unspecified atom stereocenters. The highest BCUT2D eigenvalue weighted by atomic mass is 19.3. The molecule has 0 spiro atoms. The molecule has 1 aromatic carbocycles. The van der Waals surface area contributed by atoms with Gasteiger partial charge in [-0.25, -0.2) is 4.79 Å². The lowest BCUT2D eigenvalue weighted by molar-refractivity contribution is -0.0116. The first-order valence-electron chi connectivity index (χ1n) is 7.41. The van der Waals surface area contributed by atoms with Crippen LogP contribution in [0.1, 0.15) is 31.1 Å². The van der Waals surface area contributed by atoms with Crippen LogP contribution in [0.15, 0.2) is 54.9 Å². The van der Waals surface area contributed by atoms with E-state index in [-0.39, 0.29) is 11.3 Å². The topological polar surface area (TPSA) is 46.6 Å². The van der Waals surface area contributed by atoms with E-state index in [4.69, 9.17) is 4.74 Å². The van der Waals surface area contributed by atoms with Crippen LogP contribution in [0.3, 0.4) is 0 Å². The Kier molecular flexibility index (Phi) is 4.60. The van der Waals surface area contributed by atoms with Crippen molar-refractivity contribution in [1.82, 2.24) is 4.90 Å². The lowest BCUT2D eigenvalue weighted by Crippen LogP contribution is -2.39. The molecule has 2 rings (SSSR count). The lowest BCUT2D eigenvalue weighted by atomic mass is 9.92. The Bertz CT molecular complexity index is 690. The summed E-state index contributed by atoms with van der Waals surface area (Å²) in [6, 6.07) is 7.30. The van der Waals surface area contributed by atoms with E-state index >= 15 is 0 Å². The maximum absolute atomic E-state index is 14.6. The van der Waals surface area contributed by atoms with Gasteiger partial charge >= 0.3 is 12.0 Å². The summed E-state index contributed by atoms with van der Waals surface area (Å²) in [5, 5.41) is 0. The van der Waals surface area contributed by atoms with E-state index in [1.807, 2.05) is 0 Å². The van der Waals surface area contributed by atoms with Gasteiger partial charge < -0.3 is 4.74 Å². The van der Waals surface area contributed by atoms with Crippen molar-refractivity contribution in [3.63, 3.8) is 0 Å². The Morgan fingerprint density at radius 2 is 1.75 bits per heavy atom. The number of amides is 1. The van der Waals surface area contributed by atoms with E-state index in [0.717, 1.165) is 17.2 Å². The molecule has 24 heavy (non-hydrogen) atoms. The number of ether oxygens (including phenoxy) is 1. The second-order valence-corrected chi connectivity index (χ2v) is 6.48. The third kappa shape index (κ3) is 3.53. The highest BCUT2D eigenvalue weighted by Crippen LogP contribution is 2.39. The summed E-state index contributed by atoms with van der Waals surface area (Å²) < 4.78 is 34.3. The van der Waals surface area contributed by atoms with Crippen LogP contribution in [-0.4, -0.2) is 28.3 Å². The van der Waals surface area contributed by atoms with Gasteiger partial charge in [0.05, 0.1) is 5.92 Å². The molecule has 1 aliphatic rings. The van der Waals surface area contributed by atoms with Gasteiger partial charge in [-0.15, -0.1) is 0 Å². The van der Waals surface area contributed by atoms with Crippen molar-refractivity contribution in [2.75, 3.05) is 0 Å². The van der Waals surface area contributed by atoms with Crippen LogP contribution in [0.2, 0.25) is 0 Å². The summed E-state index contributed by atoms with van der Waals surface area (Å²) in [6.07, 6.45) is 1.44. The molecule has 0 fully saturated rings. The molecule has 1 heterocycles. The van der Waals surface area contributed by atoms with E-state index < -0.39 is 29.3 Å². The van der Waals surface area contributed by atoms with Gasteiger partial charge in [-0.2, -0.15) is 8.78 Å². The maximum Gasteiger partial charge on any atom is 0.418 e. The van der Waals surface area contributed by atoms with Crippen molar-refractivity contribution in [2.45, 2.75) is 32.3 Å². The van der Waals surface area contributed by atoms with Crippen molar-refractivity contribution in [1.29, 1.82) is 0 Å². The predicted octanol–water partition coefficient (Wildman–Crippen LogP) is 4.40. The zero-order valence-corrected chi connectivity index (χ0v) is 13.8. The Balaban J connectivity index is 2.19. The normalized spacial score (nSPS) is 18.0. The average molecular weight is 335 g/mol. The van der Waals surface area contributed by atoms with Crippen LogP contribution in [0.4, 0.5) is 13.6 Å². The molecule has 0 N–H and O–H groups in total. The summed E-state index contributed by atoms with van der Waals surface area (Å²) in [5.41, 5.74) is -1.07. The highest BCUT2D eigenvalue weighted by molar-refractivity contribution is 6.02. The van der Waals surface area contributed by atoms with Crippen molar-refractivity contribution in [2.24, 2.45) is 5.92 Å². The van der Waals surface area contributed by atoms with Crippen LogP contribution in [0.25, 0.3) is 0 Å². The molecular weight excluding hydrogens is 316 g/mol. The molecule has 0 bridgehead atoms. The molecule has 1 amide bonds. The quantitative estimate of drug-likeness (QED) is 0.769. The summed E-state index contributed by atoms with van der Waals surface area (Å²) in [5.74, 6) is -6.63. The van der Waals surface area contributed by atoms with Crippen LogP contribution in [-0.2, 0) is 4.74 Å². The van der Waals surface area contributed by atoms with Gasteiger partial charge in [-0.3, -0.25) is 9.69 Å². The van der Waals surface area contributed by atoms with E-state index in [9.17, 15) is 18.4 Å². The summed E-state index contributed by atoms with van der Waals surface area (Å²) in [6.45, 7) is 8.54. The summed E-state index contributed by atoms with van der Waals surface area (Å²) in [7, 11) is 0. The van der Waals surface area contributed by atoms with Gasteiger partial charge in [0.1, 0.15) is 5.60 Å². The lowest BCUT2D eigenvalue weighted by Gasteiger charge is -2.27. The largest absolute Gasteiger partial charge is 0.443 e. The zero-order chi connectivity index (χ0) is 18.1. The molecule has 1 aromatic rings. The molecule has 6 heteroatoms. The Morgan fingerprint density at radius 3 is 2.29 bits per heavy atom. The fraction of sp³-hybridized carbons (Fsp3) is 0.333. The first-order valence-corrected chi connectivity index (χ1v) is 7.41. The SMILES string of the molecule is C=C1C(C(F)(F)C(=O)c2ccccc2)C=CN1C(=O)OC(C)(C)C. The van der Waals surface area contributed by atoms with Crippen molar-refractivity contribution in [3.8, 4) is 0 Å². The number of benzene rings is 1. The summed E-state index contributed by atoms with van der Waals surface area (Å²) >= 11 is 0. The van der Waals surface area contributed by atoms with Gasteiger partial charge in [0, 0.05) is 17.5 Å². The molecule has 128 valence electrons. The van der Waals surface area contributed by atoms with E-state index in [2.05, 4.69) is 6.58 Å². The minimum Gasteiger partial charge on any atom is -0.443 e. The highest BCUT2D eigenvalue weighted by Gasteiger charge is 2.51. The fourth-order valence-electron chi connectivity index (χ4n) is 2.27. The van der Waals surface area contributed by atoms with Gasteiger partial charge in [0.25, 0.3) is 0 Å². The number of rotatable bonds is 3. The minimum atomic E-state index is -3.72.